The summed E-state index contributed by atoms with van der Waals surface area (Å²) in [6.07, 6.45) is 7.86. The van der Waals surface area contributed by atoms with Gasteiger partial charge in [-0.1, -0.05) is 50.5 Å². The van der Waals surface area contributed by atoms with Gasteiger partial charge in [-0.25, -0.2) is 0 Å². The Labute approximate surface area is 172 Å². The molecule has 150 valence electrons. The van der Waals surface area contributed by atoms with Crippen LogP contribution in [0.4, 0.5) is 0 Å². The molecule has 0 unspecified atom stereocenters. The molecule has 0 fully saturated rings. The maximum Gasteiger partial charge on any atom is 0.311 e. The van der Waals surface area contributed by atoms with Crippen LogP contribution < -0.4 is 9.47 Å². The van der Waals surface area contributed by atoms with E-state index in [0.29, 0.717) is 29.9 Å². The van der Waals surface area contributed by atoms with Crippen molar-refractivity contribution in [2.75, 3.05) is 0 Å². The number of aryl methyl sites for hydroxylation is 1. The van der Waals surface area contributed by atoms with Gasteiger partial charge in [0.25, 0.3) is 0 Å². The lowest BCUT2D eigenvalue weighted by Gasteiger charge is -2.15. The topological polar surface area (TPSA) is 52.6 Å². The van der Waals surface area contributed by atoms with Gasteiger partial charge < -0.3 is 9.47 Å². The molecular formula is C25H26O4. The highest BCUT2D eigenvalue weighted by atomic mass is 16.5. The van der Waals surface area contributed by atoms with Crippen molar-refractivity contribution in [1.82, 2.24) is 0 Å². The summed E-state index contributed by atoms with van der Waals surface area (Å²) in [5.41, 5.74) is 3.26. The molecule has 4 bridgehead atoms. The average molecular weight is 390 g/mol. The van der Waals surface area contributed by atoms with E-state index in [4.69, 9.17) is 16.1 Å². The fourth-order valence-corrected chi connectivity index (χ4v) is 3.56. The maximum atomic E-state index is 12.3. The summed E-state index contributed by atoms with van der Waals surface area (Å²) >= 11 is 0. The van der Waals surface area contributed by atoms with Crippen LogP contribution in [0, 0.1) is 19.6 Å². The summed E-state index contributed by atoms with van der Waals surface area (Å²) < 4.78 is 11.0. The number of carbonyl (C=O) groups excluding carboxylic acids is 2. The van der Waals surface area contributed by atoms with Gasteiger partial charge in [0.05, 0.1) is 0 Å². The molecule has 0 aromatic heterocycles. The third-order valence-electron chi connectivity index (χ3n) is 5.11. The molecule has 2 aliphatic heterocycles. The van der Waals surface area contributed by atoms with Crippen molar-refractivity contribution in [3.63, 3.8) is 0 Å². The minimum atomic E-state index is -0.261. The summed E-state index contributed by atoms with van der Waals surface area (Å²) in [5.74, 6) is 0.450. The van der Waals surface area contributed by atoms with Gasteiger partial charge in [-0.15, -0.1) is 0 Å². The zero-order valence-corrected chi connectivity index (χ0v) is 16.8. The molecule has 2 aromatic rings. The average Bonchev–Trinajstić information content (AvgIpc) is 2.71. The standard InChI is InChI=1S/C25H26O4/c1-3-21-22-17-12-18(2)25(21)19-13-15-20(16-14-19)28-23(26)10-8-6-4-5-7-9-11-24(27)29-22/h1,3,13-17H,4-11H2,2H3. The van der Waals surface area contributed by atoms with Crippen LogP contribution in [-0.2, 0) is 9.59 Å². The lowest BCUT2D eigenvalue weighted by atomic mass is 9.94. The van der Waals surface area contributed by atoms with Crippen LogP contribution in [0.5, 0.6) is 11.5 Å². The molecule has 2 aliphatic rings. The zero-order valence-electron chi connectivity index (χ0n) is 16.8. The van der Waals surface area contributed by atoms with Crippen LogP contribution >= 0.6 is 0 Å². The van der Waals surface area contributed by atoms with Crippen LogP contribution in [-0.4, -0.2) is 11.9 Å². The SMILES string of the molecule is [CH]=Cc1c2c[c]c(C)c1-c1ccc(cc1)OC(=O)CCCCCCCCC(=O)O2. The van der Waals surface area contributed by atoms with Gasteiger partial charge in [-0.2, -0.15) is 0 Å². The Morgan fingerprint density at radius 1 is 0.897 bits per heavy atom. The third-order valence-corrected chi connectivity index (χ3v) is 5.11. The van der Waals surface area contributed by atoms with E-state index >= 15 is 0 Å². The van der Waals surface area contributed by atoms with E-state index < -0.39 is 0 Å². The van der Waals surface area contributed by atoms with Crippen LogP contribution in [0.2, 0.25) is 0 Å². The number of carbonyl (C=O) groups is 2. The van der Waals surface area contributed by atoms with E-state index in [1.54, 1.807) is 18.2 Å². The number of hydrogen-bond donors (Lipinski definition) is 0. The Bertz CT molecular complexity index is 880. The van der Waals surface area contributed by atoms with Crippen molar-refractivity contribution in [1.29, 1.82) is 0 Å². The molecular weight excluding hydrogens is 364 g/mol. The smallest absolute Gasteiger partial charge is 0.311 e. The van der Waals surface area contributed by atoms with E-state index in [9.17, 15) is 9.59 Å². The van der Waals surface area contributed by atoms with E-state index in [0.717, 1.165) is 55.2 Å². The summed E-state index contributed by atoms with van der Waals surface area (Å²) in [6.45, 7) is 7.82. The Hall–Kier alpha value is -2.88. The van der Waals surface area contributed by atoms with Crippen LogP contribution in [0.1, 0.15) is 62.5 Å². The first-order valence-corrected chi connectivity index (χ1v) is 10.2. The second-order valence-electron chi connectivity index (χ2n) is 7.33. The van der Waals surface area contributed by atoms with E-state index in [2.05, 4.69) is 6.07 Å². The first-order valence-electron chi connectivity index (χ1n) is 10.2. The van der Waals surface area contributed by atoms with E-state index in [1.165, 1.54) is 6.08 Å². The minimum absolute atomic E-state index is 0.211. The molecule has 0 atom stereocenters. The second-order valence-corrected chi connectivity index (χ2v) is 7.33. The lowest BCUT2D eigenvalue weighted by molar-refractivity contribution is -0.135. The predicted molar refractivity (Wildman–Crippen MR) is 112 cm³/mol. The van der Waals surface area contributed by atoms with Gasteiger partial charge >= 0.3 is 11.9 Å². The number of hydrogen-bond acceptors (Lipinski definition) is 4. The van der Waals surface area contributed by atoms with Gasteiger partial charge in [0.2, 0.25) is 0 Å². The summed E-state index contributed by atoms with van der Waals surface area (Å²) in [4.78, 5) is 24.3. The van der Waals surface area contributed by atoms with Gasteiger partial charge in [0, 0.05) is 18.4 Å². The summed E-state index contributed by atoms with van der Waals surface area (Å²) in [6, 6.07) is 12.1. The number of fused-ring (bicyclic) bond motifs is 13. The van der Waals surface area contributed by atoms with Gasteiger partial charge in [-0.3, -0.25) is 9.59 Å². The molecule has 2 heterocycles. The maximum absolute atomic E-state index is 12.3. The van der Waals surface area contributed by atoms with Crippen molar-refractivity contribution >= 4 is 18.0 Å². The van der Waals surface area contributed by atoms with E-state index in [1.807, 2.05) is 19.1 Å². The summed E-state index contributed by atoms with van der Waals surface area (Å²) in [7, 11) is 0. The number of ether oxygens (including phenoxy) is 2. The quantitative estimate of drug-likeness (QED) is 0.452. The minimum Gasteiger partial charge on any atom is -0.427 e. The first-order chi connectivity index (χ1) is 14.1. The highest BCUT2D eigenvalue weighted by Gasteiger charge is 2.16. The monoisotopic (exact) mass is 390 g/mol. The fourth-order valence-electron chi connectivity index (χ4n) is 3.56. The van der Waals surface area contributed by atoms with Crippen molar-refractivity contribution in [2.45, 2.75) is 58.3 Å². The van der Waals surface area contributed by atoms with Gasteiger partial charge in [0.15, 0.2) is 0 Å². The molecule has 4 heteroatoms. The molecule has 0 saturated carbocycles. The fraction of sp³-hybridized carbons (Fsp3) is 0.360. The summed E-state index contributed by atoms with van der Waals surface area (Å²) in [5, 5.41) is 0. The van der Waals surface area contributed by atoms with Crippen LogP contribution in [0.15, 0.2) is 30.3 Å². The van der Waals surface area contributed by atoms with Crippen LogP contribution in [0.3, 0.4) is 0 Å². The Morgan fingerprint density at radius 3 is 2.10 bits per heavy atom. The van der Waals surface area contributed by atoms with E-state index in [-0.39, 0.29) is 11.9 Å². The Kier molecular flexibility index (Phi) is 7.23. The molecule has 29 heavy (non-hydrogen) atoms. The van der Waals surface area contributed by atoms with Crippen molar-refractivity contribution in [3.05, 3.63) is 54.1 Å². The van der Waals surface area contributed by atoms with Crippen molar-refractivity contribution < 1.29 is 19.1 Å². The first kappa shape index (κ1) is 20.8. The van der Waals surface area contributed by atoms with Gasteiger partial charge in [0.1, 0.15) is 11.5 Å². The molecule has 0 amide bonds. The number of rotatable bonds is 1. The van der Waals surface area contributed by atoms with Crippen molar-refractivity contribution in [3.8, 4) is 22.6 Å². The van der Waals surface area contributed by atoms with Crippen LogP contribution in [0.25, 0.3) is 17.2 Å². The molecule has 0 aliphatic carbocycles. The molecule has 2 radical (unpaired) electrons. The zero-order chi connectivity index (χ0) is 20.6. The second kappa shape index (κ2) is 10.1. The predicted octanol–water partition coefficient (Wildman–Crippen LogP) is 5.85. The molecule has 0 N–H and O–H groups in total. The molecule has 0 spiro atoms. The highest BCUT2D eigenvalue weighted by molar-refractivity contribution is 5.83. The third kappa shape index (κ3) is 5.57. The lowest BCUT2D eigenvalue weighted by Crippen LogP contribution is -2.09. The highest BCUT2D eigenvalue weighted by Crippen LogP contribution is 2.35. The molecule has 2 aromatic carbocycles. The Balaban J connectivity index is 1.94. The Morgan fingerprint density at radius 2 is 1.48 bits per heavy atom. The number of esters is 2. The van der Waals surface area contributed by atoms with Crippen molar-refractivity contribution in [2.24, 2.45) is 0 Å². The van der Waals surface area contributed by atoms with Gasteiger partial charge in [-0.05, 0) is 60.7 Å². The largest absolute Gasteiger partial charge is 0.427 e. The molecule has 4 rings (SSSR count). The molecule has 4 nitrogen and oxygen atoms in total. The number of benzene rings is 2. The normalized spacial score (nSPS) is 16.2. The molecule has 0 saturated heterocycles.